The second-order valence-electron chi connectivity index (χ2n) is 5.42. The van der Waals surface area contributed by atoms with E-state index in [0.29, 0.717) is 6.61 Å². The van der Waals surface area contributed by atoms with Crippen molar-refractivity contribution in [1.82, 2.24) is 10.3 Å². The highest BCUT2D eigenvalue weighted by Gasteiger charge is 2.29. The third-order valence-corrected chi connectivity index (χ3v) is 4.95. The fourth-order valence-corrected chi connectivity index (χ4v) is 3.49. The summed E-state index contributed by atoms with van der Waals surface area (Å²) in [6.07, 6.45) is 1.69. The van der Waals surface area contributed by atoms with Gasteiger partial charge < -0.3 is 10.1 Å². The summed E-state index contributed by atoms with van der Waals surface area (Å²) < 4.78 is 19.4. The molecule has 0 aliphatic carbocycles. The van der Waals surface area contributed by atoms with Gasteiger partial charge >= 0.3 is 0 Å². The quantitative estimate of drug-likeness (QED) is 0.896. The fourth-order valence-electron chi connectivity index (χ4n) is 2.73. The largest absolute Gasteiger partial charge is 0.372 e. The lowest BCUT2D eigenvalue weighted by Crippen LogP contribution is -2.33. The van der Waals surface area contributed by atoms with Crippen LogP contribution in [0.4, 0.5) is 4.39 Å². The van der Waals surface area contributed by atoms with Crippen LogP contribution in [0.5, 0.6) is 0 Å². The van der Waals surface area contributed by atoms with E-state index in [1.54, 1.807) is 17.4 Å². The van der Waals surface area contributed by atoms with E-state index in [9.17, 15) is 4.39 Å². The first-order valence-electron chi connectivity index (χ1n) is 7.34. The molecule has 1 aliphatic rings. The molecule has 6 heteroatoms. The number of rotatable bonds is 5. The van der Waals surface area contributed by atoms with E-state index >= 15 is 0 Å². The molecule has 2 heterocycles. The van der Waals surface area contributed by atoms with E-state index in [0.717, 1.165) is 35.7 Å². The lowest BCUT2D eigenvalue weighted by Gasteiger charge is -2.20. The molecule has 0 spiro atoms. The number of hydrogen-bond acceptors (Lipinski definition) is 4. The zero-order valence-corrected chi connectivity index (χ0v) is 13.9. The minimum absolute atomic E-state index is 0.121. The van der Waals surface area contributed by atoms with Gasteiger partial charge in [-0.15, -0.1) is 11.3 Å². The van der Waals surface area contributed by atoms with Crippen molar-refractivity contribution in [2.75, 3.05) is 13.2 Å². The average Bonchev–Trinajstić information content (AvgIpc) is 3.11. The lowest BCUT2D eigenvalue weighted by molar-refractivity contribution is 0.0986. The normalized spacial score (nSPS) is 21.4. The number of halogens is 2. The highest BCUT2D eigenvalue weighted by atomic mass is 35.5. The Morgan fingerprint density at radius 2 is 2.36 bits per heavy atom. The number of hydrogen-bond donors (Lipinski definition) is 1. The summed E-state index contributed by atoms with van der Waals surface area (Å²) in [6.45, 7) is 3.53. The van der Waals surface area contributed by atoms with Crippen molar-refractivity contribution in [3.05, 3.63) is 50.7 Å². The summed E-state index contributed by atoms with van der Waals surface area (Å²) in [6, 6.07) is 5.08. The third-order valence-electron chi connectivity index (χ3n) is 3.82. The van der Waals surface area contributed by atoms with Crippen LogP contribution >= 0.6 is 22.9 Å². The Balaban J connectivity index is 1.59. The van der Waals surface area contributed by atoms with Gasteiger partial charge in [0.2, 0.25) is 0 Å². The highest BCUT2D eigenvalue weighted by molar-refractivity contribution is 7.09. The summed E-state index contributed by atoms with van der Waals surface area (Å²) >= 11 is 7.41. The van der Waals surface area contributed by atoms with Crippen LogP contribution in [0.3, 0.4) is 0 Å². The van der Waals surface area contributed by atoms with E-state index in [1.807, 2.05) is 13.0 Å². The number of ether oxygens (including phenoxy) is 1. The zero-order chi connectivity index (χ0) is 15.5. The second-order valence-corrected chi connectivity index (χ2v) is 6.89. The fraction of sp³-hybridized carbons (Fsp3) is 0.438. The topological polar surface area (TPSA) is 34.2 Å². The van der Waals surface area contributed by atoms with Gasteiger partial charge in [-0.3, -0.25) is 0 Å². The van der Waals surface area contributed by atoms with Crippen LogP contribution in [0.2, 0.25) is 5.02 Å². The van der Waals surface area contributed by atoms with Crippen LogP contribution in [-0.2, 0) is 11.2 Å². The Morgan fingerprint density at radius 3 is 3.09 bits per heavy atom. The highest BCUT2D eigenvalue weighted by Crippen LogP contribution is 2.31. The van der Waals surface area contributed by atoms with E-state index in [-0.39, 0.29) is 17.2 Å². The van der Waals surface area contributed by atoms with Crippen molar-refractivity contribution in [2.45, 2.75) is 31.9 Å². The SMILES string of the molecule is Cc1nc(CCN[C@@H]2CCO[C@H]2c2ccc(Cl)c(F)c2)cs1. The molecule has 3 rings (SSSR count). The van der Waals surface area contributed by atoms with Gasteiger partial charge in [-0.25, -0.2) is 9.37 Å². The smallest absolute Gasteiger partial charge is 0.142 e. The number of benzene rings is 1. The molecule has 22 heavy (non-hydrogen) atoms. The molecule has 1 fully saturated rings. The molecule has 0 saturated carbocycles. The van der Waals surface area contributed by atoms with Crippen LogP contribution in [0.15, 0.2) is 23.6 Å². The molecule has 1 N–H and O–H groups in total. The number of thiazole rings is 1. The minimum Gasteiger partial charge on any atom is -0.372 e. The van der Waals surface area contributed by atoms with Gasteiger partial charge in [0.05, 0.1) is 21.8 Å². The maximum atomic E-state index is 13.6. The van der Waals surface area contributed by atoms with Gasteiger partial charge in [0.25, 0.3) is 0 Å². The van der Waals surface area contributed by atoms with Gasteiger partial charge in [-0.05, 0) is 31.0 Å². The van der Waals surface area contributed by atoms with Crippen molar-refractivity contribution in [3.8, 4) is 0 Å². The first kappa shape index (κ1) is 15.9. The first-order valence-corrected chi connectivity index (χ1v) is 8.60. The molecular weight excluding hydrogens is 323 g/mol. The van der Waals surface area contributed by atoms with Crippen molar-refractivity contribution in [3.63, 3.8) is 0 Å². The molecular formula is C16H18ClFN2OS. The summed E-state index contributed by atoms with van der Waals surface area (Å²) in [4.78, 5) is 4.46. The third kappa shape index (κ3) is 3.66. The van der Waals surface area contributed by atoms with Crippen LogP contribution in [0.1, 0.15) is 28.8 Å². The Labute approximate surface area is 138 Å². The maximum absolute atomic E-state index is 13.6. The summed E-state index contributed by atoms with van der Waals surface area (Å²) in [5, 5.41) is 6.83. The predicted molar refractivity (Wildman–Crippen MR) is 87.1 cm³/mol. The van der Waals surface area contributed by atoms with Crippen molar-refractivity contribution < 1.29 is 9.13 Å². The van der Waals surface area contributed by atoms with Crippen LogP contribution in [-0.4, -0.2) is 24.2 Å². The van der Waals surface area contributed by atoms with Crippen LogP contribution in [0.25, 0.3) is 0 Å². The molecule has 1 aromatic carbocycles. The number of aryl methyl sites for hydroxylation is 1. The van der Waals surface area contributed by atoms with E-state index < -0.39 is 5.82 Å². The van der Waals surface area contributed by atoms with Crippen molar-refractivity contribution in [2.24, 2.45) is 0 Å². The Kier molecular flexibility index (Phi) is 5.08. The van der Waals surface area contributed by atoms with Gasteiger partial charge in [0, 0.05) is 31.0 Å². The van der Waals surface area contributed by atoms with Crippen molar-refractivity contribution in [1.29, 1.82) is 0 Å². The minimum atomic E-state index is -0.397. The summed E-state index contributed by atoms with van der Waals surface area (Å²) in [7, 11) is 0. The molecule has 0 bridgehead atoms. The Hall–Kier alpha value is -1.01. The maximum Gasteiger partial charge on any atom is 0.142 e. The first-order chi connectivity index (χ1) is 10.6. The summed E-state index contributed by atoms with van der Waals surface area (Å²) in [5.74, 6) is -0.397. The molecule has 3 nitrogen and oxygen atoms in total. The second kappa shape index (κ2) is 7.04. The van der Waals surface area contributed by atoms with E-state index in [4.69, 9.17) is 16.3 Å². The molecule has 118 valence electrons. The van der Waals surface area contributed by atoms with Crippen molar-refractivity contribution >= 4 is 22.9 Å². The van der Waals surface area contributed by atoms with Gasteiger partial charge in [-0.1, -0.05) is 17.7 Å². The van der Waals surface area contributed by atoms with Gasteiger partial charge in [0.1, 0.15) is 5.82 Å². The molecule has 1 aromatic heterocycles. The lowest BCUT2D eigenvalue weighted by atomic mass is 10.0. The summed E-state index contributed by atoms with van der Waals surface area (Å²) in [5.41, 5.74) is 1.95. The molecule has 2 atom stereocenters. The standard InChI is InChI=1S/C16H18ClFN2OS/c1-10-20-12(9-22-10)4-6-19-15-5-7-21-16(15)11-2-3-13(17)14(18)8-11/h2-3,8-9,15-16,19H,4-7H2,1H3/t15-,16+/m1/s1. The Morgan fingerprint density at radius 1 is 1.50 bits per heavy atom. The zero-order valence-electron chi connectivity index (χ0n) is 12.3. The molecule has 1 saturated heterocycles. The Bertz CT molecular complexity index is 649. The van der Waals surface area contributed by atoms with Crippen LogP contribution < -0.4 is 5.32 Å². The predicted octanol–water partition coefficient (Wildman–Crippen LogP) is 3.91. The molecule has 0 radical (unpaired) electrons. The monoisotopic (exact) mass is 340 g/mol. The molecule has 1 aliphatic heterocycles. The number of nitrogens with zero attached hydrogens (tertiary/aromatic N) is 1. The molecule has 0 amide bonds. The number of nitrogens with one attached hydrogen (secondary N) is 1. The van der Waals surface area contributed by atoms with Crippen LogP contribution in [0, 0.1) is 12.7 Å². The number of aromatic nitrogens is 1. The van der Waals surface area contributed by atoms with E-state index in [2.05, 4.69) is 15.7 Å². The molecule has 0 unspecified atom stereocenters. The van der Waals surface area contributed by atoms with Gasteiger partial charge in [-0.2, -0.15) is 0 Å². The average molecular weight is 341 g/mol. The van der Waals surface area contributed by atoms with Gasteiger partial charge in [0.15, 0.2) is 0 Å². The molecule has 2 aromatic rings. The van der Waals surface area contributed by atoms with E-state index in [1.165, 1.54) is 6.07 Å².